The molecule has 7 heteroatoms. The molecule has 1 fully saturated rings. The second kappa shape index (κ2) is 10.8. The van der Waals surface area contributed by atoms with Gasteiger partial charge < -0.3 is 20.4 Å². The highest BCUT2D eigenvalue weighted by molar-refractivity contribution is 6.76. The lowest BCUT2D eigenvalue weighted by Gasteiger charge is -2.33. The molecular weight excluding hydrogens is 426 g/mol. The molecule has 3 heterocycles. The van der Waals surface area contributed by atoms with Crippen LogP contribution in [0.15, 0.2) is 48.8 Å². The monoisotopic (exact) mass is 465 g/mol. The van der Waals surface area contributed by atoms with Gasteiger partial charge in [-0.3, -0.25) is 4.90 Å². The summed E-state index contributed by atoms with van der Waals surface area (Å²) in [5, 5.41) is 4.97. The average molecular weight is 466 g/mol. The van der Waals surface area contributed by atoms with Crippen molar-refractivity contribution in [2.45, 2.75) is 64.4 Å². The van der Waals surface area contributed by atoms with Crippen LogP contribution in [0.2, 0.25) is 25.7 Å². The molecule has 1 aliphatic heterocycles. The lowest BCUT2D eigenvalue weighted by Crippen LogP contribution is -2.38. The summed E-state index contributed by atoms with van der Waals surface area (Å²) in [7, 11) is -1.08. The first-order valence-electron chi connectivity index (χ1n) is 12.2. The van der Waals surface area contributed by atoms with Crippen molar-refractivity contribution in [1.29, 1.82) is 0 Å². The maximum absolute atomic E-state index is 6.08. The average Bonchev–Trinajstić information content (AvgIpc) is 3.22. The van der Waals surface area contributed by atoms with Gasteiger partial charge in [-0.25, -0.2) is 4.98 Å². The van der Waals surface area contributed by atoms with Crippen molar-refractivity contribution in [3.8, 4) is 0 Å². The van der Waals surface area contributed by atoms with Gasteiger partial charge in [0.25, 0.3) is 0 Å². The Hall–Kier alpha value is -2.19. The van der Waals surface area contributed by atoms with Gasteiger partial charge in [-0.1, -0.05) is 50.0 Å². The first kappa shape index (κ1) is 23.9. The number of pyridine rings is 1. The van der Waals surface area contributed by atoms with Gasteiger partial charge in [-0.15, -0.1) is 0 Å². The predicted molar refractivity (Wildman–Crippen MR) is 140 cm³/mol. The summed E-state index contributed by atoms with van der Waals surface area (Å²) in [6.45, 7) is 12.2. The third kappa shape index (κ3) is 6.44. The van der Waals surface area contributed by atoms with E-state index in [1.54, 1.807) is 0 Å². The number of nitrogens with one attached hydrogen (secondary N) is 1. The number of likely N-dealkylation sites (tertiary alicyclic amines) is 1. The molecule has 0 unspecified atom stereocenters. The molecule has 0 spiro atoms. The highest BCUT2D eigenvalue weighted by atomic mass is 28.3. The van der Waals surface area contributed by atoms with Crippen molar-refractivity contribution in [2.24, 2.45) is 5.73 Å². The zero-order chi connectivity index (χ0) is 23.3. The topological polar surface area (TPSA) is 68.3 Å². The first-order chi connectivity index (χ1) is 15.9. The molecule has 6 nitrogen and oxygen atoms in total. The van der Waals surface area contributed by atoms with E-state index in [0.717, 1.165) is 61.4 Å². The maximum atomic E-state index is 6.08. The van der Waals surface area contributed by atoms with Gasteiger partial charge in [-0.2, -0.15) is 0 Å². The van der Waals surface area contributed by atoms with E-state index in [1.807, 2.05) is 6.20 Å². The molecule has 1 aromatic carbocycles. The second-order valence-electron chi connectivity index (χ2n) is 10.4. The summed E-state index contributed by atoms with van der Waals surface area (Å²) in [6.07, 6.45) is 6.26. The second-order valence-corrected chi connectivity index (χ2v) is 16.0. The zero-order valence-corrected chi connectivity index (χ0v) is 21.4. The van der Waals surface area contributed by atoms with Crippen LogP contribution in [0.25, 0.3) is 11.0 Å². The lowest BCUT2D eigenvalue weighted by molar-refractivity contribution is 0.0899. The summed E-state index contributed by atoms with van der Waals surface area (Å²) in [6, 6.07) is 14.5. The minimum absolute atomic E-state index is 0.448. The summed E-state index contributed by atoms with van der Waals surface area (Å²) >= 11 is 0. The predicted octanol–water partition coefficient (Wildman–Crippen LogP) is 4.88. The number of fused-ring (bicyclic) bond motifs is 1. The minimum atomic E-state index is -1.08. The molecule has 0 atom stereocenters. The quantitative estimate of drug-likeness (QED) is 0.330. The van der Waals surface area contributed by atoms with Crippen LogP contribution in [-0.4, -0.2) is 48.3 Å². The Kier molecular flexibility index (Phi) is 7.85. The van der Waals surface area contributed by atoms with Gasteiger partial charge in [0, 0.05) is 70.2 Å². The Morgan fingerprint density at radius 3 is 2.58 bits per heavy atom. The largest absolute Gasteiger partial charge is 0.381 e. The maximum Gasteiger partial charge on any atom is 0.143 e. The van der Waals surface area contributed by atoms with Gasteiger partial charge >= 0.3 is 0 Å². The summed E-state index contributed by atoms with van der Waals surface area (Å²) in [5.41, 5.74) is 10.7. The van der Waals surface area contributed by atoms with E-state index in [9.17, 15) is 0 Å². The number of ether oxygens (including phenoxy) is 1. The number of nitrogens with zero attached hydrogens (tertiary/aromatic N) is 3. The van der Waals surface area contributed by atoms with Crippen molar-refractivity contribution in [1.82, 2.24) is 14.5 Å². The van der Waals surface area contributed by atoms with Crippen LogP contribution in [0.1, 0.15) is 24.0 Å². The van der Waals surface area contributed by atoms with E-state index in [4.69, 9.17) is 15.5 Å². The van der Waals surface area contributed by atoms with Gasteiger partial charge in [0.05, 0.1) is 5.69 Å². The fourth-order valence-electron chi connectivity index (χ4n) is 4.43. The van der Waals surface area contributed by atoms with E-state index >= 15 is 0 Å². The van der Waals surface area contributed by atoms with Crippen LogP contribution in [0, 0.1) is 0 Å². The molecule has 0 aliphatic carbocycles. The van der Waals surface area contributed by atoms with Crippen LogP contribution >= 0.6 is 0 Å². The third-order valence-electron chi connectivity index (χ3n) is 6.50. The number of rotatable bonds is 10. The van der Waals surface area contributed by atoms with Crippen molar-refractivity contribution < 1.29 is 4.74 Å². The number of benzene rings is 1. The highest BCUT2D eigenvalue weighted by Gasteiger charge is 2.21. The summed E-state index contributed by atoms with van der Waals surface area (Å²) < 4.78 is 8.08. The Morgan fingerprint density at radius 2 is 1.88 bits per heavy atom. The molecule has 3 aromatic rings. The molecule has 1 saturated heterocycles. The SMILES string of the molecule is C[Si](C)(C)CCOCn1ccc2c(NC3CCN(Cc4ccccc4)CC3)c(CN)cnc21. The van der Waals surface area contributed by atoms with E-state index in [2.05, 4.69) is 77.0 Å². The molecule has 0 bridgehead atoms. The normalized spacial score (nSPS) is 15.9. The molecule has 2 aromatic heterocycles. The van der Waals surface area contributed by atoms with Crippen LogP contribution < -0.4 is 11.1 Å². The van der Waals surface area contributed by atoms with Crippen molar-refractivity contribution >= 4 is 24.8 Å². The van der Waals surface area contributed by atoms with Crippen molar-refractivity contribution in [3.63, 3.8) is 0 Å². The van der Waals surface area contributed by atoms with Crippen molar-refractivity contribution in [3.05, 3.63) is 59.9 Å². The van der Waals surface area contributed by atoms with Gasteiger partial charge in [0.15, 0.2) is 0 Å². The van der Waals surface area contributed by atoms with Gasteiger partial charge in [0.2, 0.25) is 0 Å². The Bertz CT molecular complexity index is 1020. The minimum Gasteiger partial charge on any atom is -0.381 e. The number of hydrogen-bond acceptors (Lipinski definition) is 5. The lowest BCUT2D eigenvalue weighted by atomic mass is 10.0. The van der Waals surface area contributed by atoms with Gasteiger partial charge in [0.1, 0.15) is 12.4 Å². The standard InChI is InChI=1S/C26H39N5OSi/c1-33(2,3)16-15-32-20-31-14-11-24-25(22(17-27)18-28-26(24)31)29-23-9-12-30(13-10-23)19-21-7-5-4-6-8-21/h4-8,11,14,18,23H,9-10,12-13,15-17,19-20,27H2,1-3H3,(H,28,29). The van der Waals surface area contributed by atoms with Gasteiger partial charge in [-0.05, 0) is 30.5 Å². The molecule has 0 saturated carbocycles. The van der Waals surface area contributed by atoms with E-state index in [1.165, 1.54) is 11.6 Å². The Morgan fingerprint density at radius 1 is 1.12 bits per heavy atom. The smallest absolute Gasteiger partial charge is 0.143 e. The molecule has 33 heavy (non-hydrogen) atoms. The molecule has 1 aliphatic rings. The molecule has 3 N–H and O–H groups in total. The Balaban J connectivity index is 1.39. The van der Waals surface area contributed by atoms with E-state index < -0.39 is 8.07 Å². The third-order valence-corrected chi connectivity index (χ3v) is 8.20. The zero-order valence-electron chi connectivity index (χ0n) is 20.4. The van der Waals surface area contributed by atoms with Crippen molar-refractivity contribution in [2.75, 3.05) is 25.0 Å². The number of nitrogens with two attached hydrogens (primary N) is 1. The van der Waals surface area contributed by atoms with E-state index in [0.29, 0.717) is 19.3 Å². The highest BCUT2D eigenvalue weighted by Crippen LogP contribution is 2.29. The number of anilines is 1. The fraction of sp³-hybridized carbons (Fsp3) is 0.500. The first-order valence-corrected chi connectivity index (χ1v) is 15.9. The van der Waals surface area contributed by atoms with E-state index in [-0.39, 0.29) is 0 Å². The number of piperidine rings is 1. The molecule has 0 radical (unpaired) electrons. The number of aromatic nitrogens is 2. The van der Waals surface area contributed by atoms with Crippen LogP contribution in [-0.2, 0) is 24.6 Å². The fourth-order valence-corrected chi connectivity index (χ4v) is 5.19. The molecule has 0 amide bonds. The number of hydrogen-bond donors (Lipinski definition) is 2. The van der Waals surface area contributed by atoms with Crippen LogP contribution in [0.5, 0.6) is 0 Å². The molecule has 4 rings (SSSR count). The van der Waals surface area contributed by atoms with Crippen LogP contribution in [0.4, 0.5) is 5.69 Å². The molecule has 178 valence electrons. The van der Waals surface area contributed by atoms with Crippen LogP contribution in [0.3, 0.4) is 0 Å². The summed E-state index contributed by atoms with van der Waals surface area (Å²) in [4.78, 5) is 7.26. The molecular formula is C26H39N5OSi. The summed E-state index contributed by atoms with van der Waals surface area (Å²) in [5.74, 6) is 0. The Labute approximate surface area is 199 Å².